The zero-order chi connectivity index (χ0) is 38.9. The van der Waals surface area contributed by atoms with Gasteiger partial charge in [-0.15, -0.1) is 0 Å². The average molecular weight is 751 g/mol. The summed E-state index contributed by atoms with van der Waals surface area (Å²) < 4.78 is 16.7. The Hall–Kier alpha value is -1.59. The van der Waals surface area contributed by atoms with E-state index in [-0.39, 0.29) is 31.1 Å². The summed E-state index contributed by atoms with van der Waals surface area (Å²) in [5.41, 5.74) is 0. The minimum Gasteiger partial charge on any atom is -0.462 e. The second kappa shape index (κ2) is 41.6. The van der Waals surface area contributed by atoms with E-state index in [9.17, 15) is 14.4 Å². The Kier molecular flexibility index (Phi) is 40.3. The molecule has 53 heavy (non-hydrogen) atoms. The molecule has 0 rings (SSSR count). The van der Waals surface area contributed by atoms with Crippen molar-refractivity contribution in [2.24, 2.45) is 5.92 Å². The van der Waals surface area contributed by atoms with Gasteiger partial charge in [0.05, 0.1) is 0 Å². The lowest BCUT2D eigenvalue weighted by atomic mass is 10.0. The third-order valence-corrected chi connectivity index (χ3v) is 10.5. The molecule has 1 atom stereocenters. The molecule has 0 aliphatic rings. The largest absolute Gasteiger partial charge is 0.462 e. The number of hydrogen-bond acceptors (Lipinski definition) is 6. The molecule has 0 spiro atoms. The first-order chi connectivity index (χ1) is 25.9. The quantitative estimate of drug-likeness (QED) is 0.0351. The van der Waals surface area contributed by atoms with Crippen LogP contribution in [0.1, 0.15) is 259 Å². The fourth-order valence-corrected chi connectivity index (χ4v) is 6.98. The van der Waals surface area contributed by atoms with Crippen LogP contribution in [0.25, 0.3) is 0 Å². The minimum absolute atomic E-state index is 0.0640. The van der Waals surface area contributed by atoms with Crippen LogP contribution in [0.2, 0.25) is 0 Å². The van der Waals surface area contributed by atoms with Crippen molar-refractivity contribution in [2.45, 2.75) is 265 Å². The lowest BCUT2D eigenvalue weighted by Crippen LogP contribution is -2.30. The Balaban J connectivity index is 4.20. The van der Waals surface area contributed by atoms with Crippen molar-refractivity contribution in [3.8, 4) is 0 Å². The summed E-state index contributed by atoms with van der Waals surface area (Å²) in [6.07, 6.45) is 41.0. The summed E-state index contributed by atoms with van der Waals surface area (Å²) in [4.78, 5) is 37.6. The first-order valence-electron chi connectivity index (χ1n) is 23.4. The summed E-state index contributed by atoms with van der Waals surface area (Å²) in [5.74, 6) is -0.0117. The Morgan fingerprint density at radius 2 is 0.623 bits per heavy atom. The maximum Gasteiger partial charge on any atom is 0.306 e. The van der Waals surface area contributed by atoms with Crippen LogP contribution in [-0.2, 0) is 28.6 Å². The van der Waals surface area contributed by atoms with E-state index in [1.165, 1.54) is 154 Å². The van der Waals surface area contributed by atoms with E-state index < -0.39 is 6.10 Å². The summed E-state index contributed by atoms with van der Waals surface area (Å²) in [7, 11) is 0. The van der Waals surface area contributed by atoms with E-state index in [4.69, 9.17) is 14.2 Å². The van der Waals surface area contributed by atoms with E-state index in [2.05, 4.69) is 27.7 Å². The molecule has 0 aromatic rings. The van der Waals surface area contributed by atoms with E-state index in [0.29, 0.717) is 19.3 Å². The van der Waals surface area contributed by atoms with Gasteiger partial charge in [0.15, 0.2) is 6.10 Å². The van der Waals surface area contributed by atoms with Gasteiger partial charge in [-0.25, -0.2) is 0 Å². The molecule has 0 bridgehead atoms. The van der Waals surface area contributed by atoms with Crippen molar-refractivity contribution in [1.29, 1.82) is 0 Å². The number of carbonyl (C=O) groups excluding carboxylic acids is 3. The van der Waals surface area contributed by atoms with Crippen LogP contribution in [0.5, 0.6) is 0 Å². The van der Waals surface area contributed by atoms with E-state index >= 15 is 0 Å². The molecule has 6 nitrogen and oxygen atoms in total. The molecule has 314 valence electrons. The predicted molar refractivity (Wildman–Crippen MR) is 224 cm³/mol. The maximum atomic E-state index is 12.7. The van der Waals surface area contributed by atoms with Gasteiger partial charge in [0.25, 0.3) is 0 Å². The van der Waals surface area contributed by atoms with Crippen molar-refractivity contribution in [2.75, 3.05) is 13.2 Å². The Morgan fingerprint density at radius 3 is 0.925 bits per heavy atom. The van der Waals surface area contributed by atoms with Gasteiger partial charge in [-0.2, -0.15) is 0 Å². The lowest BCUT2D eigenvalue weighted by Gasteiger charge is -2.18. The molecular weight excluding hydrogens is 661 g/mol. The van der Waals surface area contributed by atoms with E-state index in [1.807, 2.05) is 0 Å². The molecule has 0 unspecified atom stereocenters. The molecule has 0 fully saturated rings. The Morgan fingerprint density at radius 1 is 0.358 bits per heavy atom. The second-order valence-electron chi connectivity index (χ2n) is 16.5. The Labute approximate surface area is 329 Å². The first-order valence-corrected chi connectivity index (χ1v) is 23.4. The topological polar surface area (TPSA) is 78.9 Å². The van der Waals surface area contributed by atoms with Gasteiger partial charge in [0.1, 0.15) is 13.2 Å². The number of rotatable bonds is 42. The molecule has 0 aromatic heterocycles. The minimum atomic E-state index is -0.758. The van der Waals surface area contributed by atoms with Gasteiger partial charge in [0, 0.05) is 19.3 Å². The summed E-state index contributed by atoms with van der Waals surface area (Å²) in [5, 5.41) is 0. The third kappa shape index (κ3) is 41.4. The van der Waals surface area contributed by atoms with E-state index in [1.54, 1.807) is 0 Å². The van der Waals surface area contributed by atoms with Crippen LogP contribution < -0.4 is 0 Å². The molecule has 6 heteroatoms. The molecule has 0 aromatic carbocycles. The smallest absolute Gasteiger partial charge is 0.306 e. The van der Waals surface area contributed by atoms with E-state index in [0.717, 1.165) is 63.7 Å². The summed E-state index contributed by atoms with van der Waals surface area (Å²) in [6, 6.07) is 0. The summed E-state index contributed by atoms with van der Waals surface area (Å²) >= 11 is 0. The van der Waals surface area contributed by atoms with Crippen molar-refractivity contribution >= 4 is 17.9 Å². The van der Waals surface area contributed by atoms with Crippen molar-refractivity contribution in [1.82, 2.24) is 0 Å². The van der Waals surface area contributed by atoms with Crippen LogP contribution in [0.15, 0.2) is 0 Å². The molecular formula is C47H90O6. The highest BCUT2D eigenvalue weighted by Crippen LogP contribution is 2.16. The van der Waals surface area contributed by atoms with Gasteiger partial charge >= 0.3 is 17.9 Å². The molecule has 0 aliphatic carbocycles. The SMILES string of the molecule is CCCCCCCCCCCCC(=O)OC[C@H](COC(=O)CCCCCCCCC)OC(=O)CCCCCCCCCCCCCCCCCC(C)C. The van der Waals surface area contributed by atoms with Crippen LogP contribution in [0.3, 0.4) is 0 Å². The summed E-state index contributed by atoms with van der Waals surface area (Å²) in [6.45, 7) is 8.97. The highest BCUT2D eigenvalue weighted by atomic mass is 16.6. The molecule has 0 N–H and O–H groups in total. The fourth-order valence-electron chi connectivity index (χ4n) is 6.98. The first kappa shape index (κ1) is 51.4. The molecule has 0 aliphatic heterocycles. The highest BCUT2D eigenvalue weighted by molar-refractivity contribution is 5.71. The zero-order valence-corrected chi connectivity index (χ0v) is 36.0. The van der Waals surface area contributed by atoms with Gasteiger partial charge in [-0.05, 0) is 25.2 Å². The second-order valence-corrected chi connectivity index (χ2v) is 16.5. The number of ether oxygens (including phenoxy) is 3. The molecule has 0 radical (unpaired) electrons. The normalized spacial score (nSPS) is 11.9. The average Bonchev–Trinajstić information content (AvgIpc) is 3.14. The maximum absolute atomic E-state index is 12.7. The van der Waals surface area contributed by atoms with Gasteiger partial charge in [-0.1, -0.05) is 220 Å². The number of carbonyl (C=O) groups is 3. The predicted octanol–water partition coefficient (Wildman–Crippen LogP) is 14.7. The highest BCUT2D eigenvalue weighted by Gasteiger charge is 2.19. The molecule has 0 amide bonds. The standard InChI is InChI=1S/C47H90O6/c1-5-7-9-11-13-14-23-27-31-35-39-46(49)52-42-44(41-51-45(48)38-34-30-25-12-10-8-6-2)53-47(50)40-36-32-28-24-21-19-17-15-16-18-20-22-26-29-33-37-43(3)4/h43-44H,5-42H2,1-4H3/t44-/m0/s1. The van der Waals surface area contributed by atoms with Gasteiger partial charge in [0.2, 0.25) is 0 Å². The Bertz CT molecular complexity index is 796. The van der Waals surface area contributed by atoms with Crippen LogP contribution >= 0.6 is 0 Å². The number of esters is 3. The number of unbranched alkanes of at least 4 members (excludes halogenated alkanes) is 29. The monoisotopic (exact) mass is 751 g/mol. The third-order valence-electron chi connectivity index (χ3n) is 10.5. The number of hydrogen-bond donors (Lipinski definition) is 0. The zero-order valence-electron chi connectivity index (χ0n) is 36.0. The lowest BCUT2D eigenvalue weighted by molar-refractivity contribution is -0.167. The van der Waals surface area contributed by atoms with Crippen molar-refractivity contribution in [3.05, 3.63) is 0 Å². The van der Waals surface area contributed by atoms with Crippen molar-refractivity contribution in [3.63, 3.8) is 0 Å². The van der Waals surface area contributed by atoms with Gasteiger partial charge < -0.3 is 14.2 Å². The molecule has 0 saturated carbocycles. The van der Waals surface area contributed by atoms with Crippen molar-refractivity contribution < 1.29 is 28.6 Å². The molecule has 0 saturated heterocycles. The van der Waals surface area contributed by atoms with Crippen LogP contribution in [-0.4, -0.2) is 37.2 Å². The van der Waals surface area contributed by atoms with Gasteiger partial charge in [-0.3, -0.25) is 14.4 Å². The molecule has 0 heterocycles. The fraction of sp³-hybridized carbons (Fsp3) is 0.936. The van der Waals surface area contributed by atoms with Crippen LogP contribution in [0.4, 0.5) is 0 Å². The van der Waals surface area contributed by atoms with Crippen LogP contribution in [0, 0.1) is 5.92 Å².